The second-order valence-corrected chi connectivity index (χ2v) is 10.9. The van der Waals surface area contributed by atoms with E-state index in [-0.39, 0.29) is 6.04 Å². The lowest BCUT2D eigenvalue weighted by Crippen LogP contribution is -2.29. The van der Waals surface area contributed by atoms with Crippen molar-refractivity contribution in [1.29, 1.82) is 0 Å². The van der Waals surface area contributed by atoms with Crippen LogP contribution in [0.4, 0.5) is 5.69 Å². The molecule has 5 rings (SSSR count). The number of para-hydroxylation sites is 1. The molecule has 0 radical (unpaired) electrons. The first-order valence-electron chi connectivity index (χ1n) is 11.2. The molecule has 0 spiro atoms. The Morgan fingerprint density at radius 2 is 1.79 bits per heavy atom. The van der Waals surface area contributed by atoms with Crippen molar-refractivity contribution in [3.63, 3.8) is 0 Å². The van der Waals surface area contributed by atoms with E-state index < -0.39 is 7.44 Å². The van der Waals surface area contributed by atoms with Crippen LogP contribution in [0.2, 0.25) is 0 Å². The van der Waals surface area contributed by atoms with Gasteiger partial charge in [0.1, 0.15) is 23.4 Å². The molecular weight excluding hydrogens is 431 g/mol. The number of fused-ring (bicyclic) bond motifs is 1. The molecular formula is C27H27N2O3P. The lowest BCUT2D eigenvalue weighted by molar-refractivity contribution is 0.306. The van der Waals surface area contributed by atoms with Gasteiger partial charge in [-0.25, -0.2) is 4.67 Å². The van der Waals surface area contributed by atoms with E-state index in [4.69, 9.17) is 15.9 Å². The number of methoxy groups -OCH3 is 1. The maximum Gasteiger partial charge on any atom is 0.276 e. The van der Waals surface area contributed by atoms with Crippen molar-refractivity contribution in [1.82, 2.24) is 4.67 Å². The second-order valence-electron chi connectivity index (χ2n) is 8.36. The molecule has 5 nitrogen and oxygen atoms in total. The van der Waals surface area contributed by atoms with E-state index in [1.54, 1.807) is 7.11 Å². The molecule has 0 saturated carbocycles. The molecule has 2 fully saturated rings. The van der Waals surface area contributed by atoms with Crippen molar-refractivity contribution in [2.24, 2.45) is 0 Å². The third-order valence-corrected chi connectivity index (χ3v) is 9.74. The van der Waals surface area contributed by atoms with Gasteiger partial charge >= 0.3 is 0 Å². The summed E-state index contributed by atoms with van der Waals surface area (Å²) in [5, 5.41) is 0.640. The number of nitrogens with zero attached hydrogens (tertiary/aromatic N) is 2. The first-order chi connectivity index (χ1) is 16.1. The number of hydrogen-bond donors (Lipinski definition) is 0. The molecule has 2 heterocycles. The molecule has 0 aliphatic carbocycles. The number of anilines is 1. The Morgan fingerprint density at radius 3 is 2.52 bits per heavy atom. The van der Waals surface area contributed by atoms with Crippen LogP contribution >= 0.6 is 7.44 Å². The molecule has 0 bridgehead atoms. The molecule has 0 N–H and O–H groups in total. The predicted octanol–water partition coefficient (Wildman–Crippen LogP) is 5.06. The zero-order chi connectivity index (χ0) is 22.8. The average Bonchev–Trinajstić information content (AvgIpc) is 3.45. The van der Waals surface area contributed by atoms with Gasteiger partial charge in [-0.15, -0.1) is 6.42 Å². The van der Waals surface area contributed by atoms with Crippen molar-refractivity contribution < 1.29 is 14.0 Å². The van der Waals surface area contributed by atoms with E-state index >= 15 is 4.57 Å². The van der Waals surface area contributed by atoms with Crippen LogP contribution in [0.25, 0.3) is 0 Å². The maximum absolute atomic E-state index is 15.1. The number of rotatable bonds is 6. The lowest BCUT2D eigenvalue weighted by atomic mass is 10.1. The van der Waals surface area contributed by atoms with Gasteiger partial charge in [0, 0.05) is 30.4 Å². The van der Waals surface area contributed by atoms with Crippen molar-refractivity contribution in [2.75, 3.05) is 24.9 Å². The topological polar surface area (TPSA) is 42.0 Å². The summed E-state index contributed by atoms with van der Waals surface area (Å²) in [5.74, 6) is 3.81. The summed E-state index contributed by atoms with van der Waals surface area (Å²) in [5.41, 5.74) is 2.78. The van der Waals surface area contributed by atoms with Crippen LogP contribution in [0.1, 0.15) is 24.0 Å². The molecule has 2 unspecified atom stereocenters. The summed E-state index contributed by atoms with van der Waals surface area (Å²) < 4.78 is 31.4. The van der Waals surface area contributed by atoms with Crippen LogP contribution in [-0.4, -0.2) is 30.9 Å². The SMILES string of the molecule is C#Cc1ccc(COc2cccc(OC)c2P2(=O)N(c3ccccc3)CC3CCCN32)cc1. The minimum atomic E-state index is -3.19. The summed E-state index contributed by atoms with van der Waals surface area (Å²) in [6, 6.07) is 23.6. The Bertz CT molecular complexity index is 1220. The number of ether oxygens (including phenoxy) is 2. The Kier molecular flexibility index (Phi) is 5.89. The van der Waals surface area contributed by atoms with Crippen LogP contribution in [-0.2, 0) is 11.2 Å². The molecule has 2 aliphatic rings. The van der Waals surface area contributed by atoms with E-state index in [2.05, 4.69) is 15.3 Å². The normalized spacial score (nSPS) is 22.1. The molecule has 2 aliphatic heterocycles. The molecule has 6 heteroatoms. The fraction of sp³-hybridized carbons (Fsp3) is 0.259. The highest BCUT2D eigenvalue weighted by Crippen LogP contribution is 2.64. The van der Waals surface area contributed by atoms with Gasteiger partial charge in [-0.05, 0) is 54.8 Å². The van der Waals surface area contributed by atoms with Crippen LogP contribution in [0.15, 0.2) is 72.8 Å². The molecule has 168 valence electrons. The van der Waals surface area contributed by atoms with Crippen molar-refractivity contribution in [2.45, 2.75) is 25.5 Å². The summed E-state index contributed by atoms with van der Waals surface area (Å²) >= 11 is 0. The highest BCUT2D eigenvalue weighted by molar-refractivity contribution is 7.71. The average molecular weight is 458 g/mol. The molecule has 3 aromatic carbocycles. The van der Waals surface area contributed by atoms with E-state index in [1.165, 1.54) is 0 Å². The van der Waals surface area contributed by atoms with Crippen molar-refractivity contribution >= 4 is 18.4 Å². The van der Waals surface area contributed by atoms with Gasteiger partial charge in [0.25, 0.3) is 7.44 Å². The fourth-order valence-electron chi connectivity index (χ4n) is 4.85. The smallest absolute Gasteiger partial charge is 0.276 e. The summed E-state index contributed by atoms with van der Waals surface area (Å²) in [6.07, 6.45) is 7.56. The van der Waals surface area contributed by atoms with E-state index in [0.29, 0.717) is 23.4 Å². The Labute approximate surface area is 195 Å². The van der Waals surface area contributed by atoms with Gasteiger partial charge in [0.05, 0.1) is 7.11 Å². The van der Waals surface area contributed by atoms with E-state index in [1.807, 2.05) is 72.8 Å². The van der Waals surface area contributed by atoms with Gasteiger partial charge in [-0.3, -0.25) is 4.57 Å². The van der Waals surface area contributed by atoms with E-state index in [0.717, 1.165) is 42.7 Å². The zero-order valence-electron chi connectivity index (χ0n) is 18.7. The Morgan fingerprint density at radius 1 is 1.03 bits per heavy atom. The number of terminal acetylenes is 1. The van der Waals surface area contributed by atoms with Crippen LogP contribution in [0, 0.1) is 12.3 Å². The molecule has 0 aromatic heterocycles. The minimum Gasteiger partial charge on any atom is -0.496 e. The standard InChI is InChI=1S/C27H27N2O3P/c1-3-21-14-16-22(17-15-21)20-32-26-13-7-12-25(31-2)27(26)33(30)28-18-8-11-24(28)19-29(33)23-9-5-4-6-10-23/h1,4-7,9-10,12-17,24H,8,11,18-20H2,2H3. The third-order valence-electron chi connectivity index (χ3n) is 6.45. The molecule has 3 aromatic rings. The highest BCUT2D eigenvalue weighted by atomic mass is 31.2. The maximum atomic E-state index is 15.1. The lowest BCUT2D eigenvalue weighted by Gasteiger charge is -2.33. The van der Waals surface area contributed by atoms with Gasteiger partial charge in [0.2, 0.25) is 0 Å². The third kappa shape index (κ3) is 3.80. The van der Waals surface area contributed by atoms with E-state index in [9.17, 15) is 0 Å². The van der Waals surface area contributed by atoms with Crippen LogP contribution < -0.4 is 19.4 Å². The Balaban J connectivity index is 1.57. The van der Waals surface area contributed by atoms with Crippen LogP contribution in [0.5, 0.6) is 11.5 Å². The molecule has 33 heavy (non-hydrogen) atoms. The van der Waals surface area contributed by atoms with Crippen molar-refractivity contribution in [3.8, 4) is 23.8 Å². The van der Waals surface area contributed by atoms with Gasteiger partial charge in [0.15, 0.2) is 0 Å². The quantitative estimate of drug-likeness (QED) is 0.382. The second kappa shape index (κ2) is 8.98. The first kappa shape index (κ1) is 21.6. The van der Waals surface area contributed by atoms with Crippen LogP contribution in [0.3, 0.4) is 0 Å². The Hall–Kier alpha value is -3.19. The number of benzene rings is 3. The predicted molar refractivity (Wildman–Crippen MR) is 132 cm³/mol. The molecule has 0 amide bonds. The summed E-state index contributed by atoms with van der Waals surface area (Å²) in [7, 11) is -1.57. The largest absolute Gasteiger partial charge is 0.496 e. The fourth-order valence-corrected chi connectivity index (χ4v) is 8.41. The minimum absolute atomic E-state index is 0.255. The summed E-state index contributed by atoms with van der Waals surface area (Å²) in [6.45, 7) is 1.88. The van der Waals surface area contributed by atoms with Gasteiger partial charge in [-0.2, -0.15) is 0 Å². The molecule has 2 atom stereocenters. The number of hydrogen-bond acceptors (Lipinski definition) is 3. The van der Waals surface area contributed by atoms with Gasteiger partial charge < -0.3 is 14.1 Å². The first-order valence-corrected chi connectivity index (χ1v) is 12.8. The van der Waals surface area contributed by atoms with Crippen molar-refractivity contribution in [3.05, 3.63) is 83.9 Å². The zero-order valence-corrected chi connectivity index (χ0v) is 19.6. The molecule has 2 saturated heterocycles. The highest BCUT2D eigenvalue weighted by Gasteiger charge is 2.54. The van der Waals surface area contributed by atoms with Gasteiger partial charge in [-0.1, -0.05) is 42.3 Å². The monoisotopic (exact) mass is 458 g/mol. The summed E-state index contributed by atoms with van der Waals surface area (Å²) in [4.78, 5) is 0.